The maximum Gasteiger partial charge on any atom is 0.275 e. The zero-order valence-corrected chi connectivity index (χ0v) is 21.8. The highest BCUT2D eigenvalue weighted by Crippen LogP contribution is 2.54. The van der Waals surface area contributed by atoms with E-state index in [1.807, 2.05) is 0 Å². The summed E-state index contributed by atoms with van der Waals surface area (Å²) in [5.41, 5.74) is 5.38. The van der Waals surface area contributed by atoms with Gasteiger partial charge < -0.3 is 20.7 Å². The number of amides is 1. The number of nitriles is 1. The van der Waals surface area contributed by atoms with Gasteiger partial charge in [0.15, 0.2) is 5.75 Å². The number of nitrogens with zero attached hydrogens (tertiary/aromatic N) is 6. The molecule has 4 N–H and O–H groups in total. The third-order valence-corrected chi connectivity index (χ3v) is 7.54. The molecule has 0 radical (unpaired) electrons. The Hall–Kier alpha value is -4.83. The lowest BCUT2D eigenvalue weighted by atomic mass is 9.93. The summed E-state index contributed by atoms with van der Waals surface area (Å²) in [5.74, 6) is -1.21. The van der Waals surface area contributed by atoms with Gasteiger partial charge in [-0.15, -0.1) is 0 Å². The van der Waals surface area contributed by atoms with E-state index in [-0.39, 0.29) is 86.4 Å². The van der Waals surface area contributed by atoms with E-state index in [2.05, 4.69) is 31.7 Å². The lowest BCUT2D eigenvalue weighted by Crippen LogP contribution is -2.45. The van der Waals surface area contributed by atoms with Gasteiger partial charge >= 0.3 is 0 Å². The van der Waals surface area contributed by atoms with Crippen LogP contribution in [0.4, 0.5) is 15.9 Å². The fraction of sp³-hybridized carbons (Fsp3) is 0.333. The first-order valence-electron chi connectivity index (χ1n) is 14.0. The first-order valence-corrected chi connectivity index (χ1v) is 12.5. The van der Waals surface area contributed by atoms with E-state index in [0.717, 1.165) is 0 Å². The number of pyridine rings is 1. The number of hydrogen-bond acceptors (Lipinski definition) is 9. The molecule has 1 aromatic carbocycles. The molecular weight excluding hydrogens is 517 g/mol. The van der Waals surface area contributed by atoms with E-state index in [9.17, 15) is 14.9 Å². The lowest BCUT2D eigenvalue weighted by molar-refractivity contribution is -0.117. The highest BCUT2D eigenvalue weighted by molar-refractivity contribution is 5.99. The van der Waals surface area contributed by atoms with Gasteiger partial charge in [-0.05, 0) is 25.8 Å². The predicted molar refractivity (Wildman–Crippen MR) is 145 cm³/mol. The van der Waals surface area contributed by atoms with Gasteiger partial charge in [0.2, 0.25) is 5.91 Å². The van der Waals surface area contributed by atoms with Gasteiger partial charge in [0.25, 0.3) is 5.56 Å². The molecule has 0 atom stereocenters. The minimum absolute atomic E-state index is 0.0678. The van der Waals surface area contributed by atoms with Crippen molar-refractivity contribution < 1.29 is 18.0 Å². The maximum absolute atomic E-state index is 16.5. The third kappa shape index (κ3) is 3.56. The van der Waals surface area contributed by atoms with Crippen molar-refractivity contribution in [2.75, 3.05) is 23.7 Å². The van der Waals surface area contributed by atoms with Crippen LogP contribution >= 0.6 is 0 Å². The van der Waals surface area contributed by atoms with Crippen molar-refractivity contribution in [3.8, 4) is 34.3 Å². The van der Waals surface area contributed by atoms with Crippen molar-refractivity contribution in [2.24, 2.45) is 12.8 Å². The largest absolute Gasteiger partial charge is 0.482 e. The smallest absolute Gasteiger partial charge is 0.275 e. The van der Waals surface area contributed by atoms with Gasteiger partial charge in [0, 0.05) is 48.1 Å². The molecule has 1 aliphatic carbocycles. The first-order chi connectivity index (χ1) is 20.3. The minimum Gasteiger partial charge on any atom is -0.482 e. The van der Waals surface area contributed by atoms with Crippen LogP contribution in [0.5, 0.6) is 5.75 Å². The van der Waals surface area contributed by atoms with Crippen molar-refractivity contribution in [2.45, 2.75) is 38.8 Å². The molecule has 204 valence electrons. The molecule has 0 saturated heterocycles. The molecule has 1 saturated carbocycles. The van der Waals surface area contributed by atoms with Crippen molar-refractivity contribution in [1.29, 1.82) is 5.26 Å². The SMILES string of the molecule is [2H]C([2H])([2H])Nc1nc(-c2cnn(C)c2-c2c(F)c(C)c3c(c2C#N)OC2(CC2)CN3C(C)=O)cc2c(CN)n[nH]c(=O)c12. The second-order valence-corrected chi connectivity index (χ2v) is 10.0. The number of aromatic nitrogens is 5. The van der Waals surface area contributed by atoms with Gasteiger partial charge in [-0.3, -0.25) is 14.3 Å². The van der Waals surface area contributed by atoms with Crippen LogP contribution in [0.25, 0.3) is 33.3 Å². The average molecular weight is 547 g/mol. The first kappa shape index (κ1) is 22.0. The fourth-order valence-electron chi connectivity index (χ4n) is 5.38. The summed E-state index contributed by atoms with van der Waals surface area (Å²) >= 11 is 0. The molecule has 1 aliphatic heterocycles. The predicted octanol–water partition coefficient (Wildman–Crippen LogP) is 2.48. The number of nitrogens with one attached hydrogen (secondary N) is 2. The fourth-order valence-corrected chi connectivity index (χ4v) is 5.38. The highest BCUT2D eigenvalue weighted by atomic mass is 19.1. The van der Waals surface area contributed by atoms with Gasteiger partial charge in [-0.2, -0.15) is 15.5 Å². The van der Waals surface area contributed by atoms with Crippen molar-refractivity contribution in [1.82, 2.24) is 25.0 Å². The molecule has 4 heterocycles. The van der Waals surface area contributed by atoms with Gasteiger partial charge in [-0.25, -0.2) is 14.5 Å². The molecule has 3 aromatic heterocycles. The Kier molecular flexibility index (Phi) is 4.88. The van der Waals surface area contributed by atoms with Crippen LogP contribution in [0.2, 0.25) is 0 Å². The van der Waals surface area contributed by atoms with Crippen LogP contribution < -0.4 is 26.2 Å². The molecule has 0 unspecified atom stereocenters. The van der Waals surface area contributed by atoms with Crippen LogP contribution in [0.3, 0.4) is 0 Å². The summed E-state index contributed by atoms with van der Waals surface area (Å²) in [6, 6.07) is 3.58. The summed E-state index contributed by atoms with van der Waals surface area (Å²) in [7, 11) is 1.56. The van der Waals surface area contributed by atoms with E-state index in [0.29, 0.717) is 12.8 Å². The van der Waals surface area contributed by atoms with Gasteiger partial charge in [-0.1, -0.05) is 0 Å². The van der Waals surface area contributed by atoms with E-state index < -0.39 is 24.0 Å². The molecular formula is C27H26FN9O3. The second kappa shape index (κ2) is 8.85. The Morgan fingerprint density at radius 3 is 2.88 bits per heavy atom. The molecule has 1 fully saturated rings. The van der Waals surface area contributed by atoms with Crippen LogP contribution in [0.15, 0.2) is 17.1 Å². The molecule has 1 amide bonds. The minimum atomic E-state index is -2.72. The number of nitrogens with two attached hydrogens (primary N) is 1. The topological polar surface area (TPSA) is 168 Å². The van der Waals surface area contributed by atoms with Crippen molar-refractivity contribution in [3.05, 3.63) is 45.3 Å². The molecule has 0 bridgehead atoms. The molecule has 1 spiro atoms. The zero-order chi connectivity index (χ0) is 31.0. The van der Waals surface area contributed by atoms with Crippen molar-refractivity contribution in [3.63, 3.8) is 0 Å². The number of aromatic amines is 1. The number of anilines is 2. The normalized spacial score (nSPS) is 16.5. The van der Waals surface area contributed by atoms with Gasteiger partial charge in [0.1, 0.15) is 28.9 Å². The number of benzene rings is 1. The monoisotopic (exact) mass is 546 g/mol. The highest BCUT2D eigenvalue weighted by Gasteiger charge is 2.52. The third-order valence-electron chi connectivity index (χ3n) is 7.54. The lowest BCUT2D eigenvalue weighted by Gasteiger charge is -2.37. The molecule has 12 nitrogen and oxygen atoms in total. The summed E-state index contributed by atoms with van der Waals surface area (Å²) in [6.07, 6.45) is 2.76. The number of ether oxygens (including phenoxy) is 1. The number of rotatable bonds is 4. The average Bonchev–Trinajstić information content (AvgIpc) is 3.57. The number of hydrogen-bond donors (Lipinski definition) is 3. The molecule has 2 aliphatic rings. The van der Waals surface area contributed by atoms with Crippen LogP contribution in [0.1, 0.15) is 40.7 Å². The van der Waals surface area contributed by atoms with Crippen LogP contribution in [-0.4, -0.2) is 50.0 Å². The van der Waals surface area contributed by atoms with Crippen molar-refractivity contribution >= 4 is 28.2 Å². The zero-order valence-electron chi connectivity index (χ0n) is 24.8. The number of fused-ring (bicyclic) bond motifs is 2. The number of carbonyl (C=O) groups is 1. The van der Waals surface area contributed by atoms with E-state index in [1.54, 1.807) is 7.05 Å². The number of aryl methyl sites for hydroxylation is 1. The van der Waals surface area contributed by atoms with Crippen LogP contribution in [-0.2, 0) is 18.4 Å². The maximum atomic E-state index is 16.5. The summed E-state index contributed by atoms with van der Waals surface area (Å²) < 4.78 is 47.3. The molecule has 13 heteroatoms. The Morgan fingerprint density at radius 1 is 1.45 bits per heavy atom. The van der Waals surface area contributed by atoms with E-state index >= 15 is 4.39 Å². The Bertz CT molecular complexity index is 1960. The second-order valence-electron chi connectivity index (χ2n) is 10.0. The van der Waals surface area contributed by atoms with Gasteiger partial charge in [0.05, 0.1) is 46.5 Å². The summed E-state index contributed by atoms with van der Waals surface area (Å²) in [4.78, 5) is 31.3. The quantitative estimate of drug-likeness (QED) is 0.348. The van der Waals surface area contributed by atoms with E-state index in [1.165, 1.54) is 35.7 Å². The standard InChI is InChI=1S/C27H26FN9O3/c1-12-21(28)19(15(8-29)24-22(12)37(13(2)38)11-27(40-24)5-6-27)23-16(10-32-36(23)4)17-7-14-18(9-30)34-35-26(39)20(14)25(31-3)33-17/h7,10H,5-6,9,11,30H2,1-4H3,(H,31,33)(H,35,39)/i3D3. The Balaban J connectivity index is 1.65. The molecule has 4 aromatic rings. The Labute approximate surface area is 231 Å². The van der Waals surface area contributed by atoms with E-state index in [4.69, 9.17) is 14.6 Å². The molecule has 6 rings (SSSR count). The number of H-pyrrole nitrogens is 1. The Morgan fingerprint density at radius 2 is 2.23 bits per heavy atom. The molecule has 40 heavy (non-hydrogen) atoms. The summed E-state index contributed by atoms with van der Waals surface area (Å²) in [5, 5.41) is 23.5. The van der Waals surface area contributed by atoms with Crippen LogP contribution in [0, 0.1) is 24.1 Å². The number of halogens is 1. The number of carbonyl (C=O) groups excluding carboxylic acids is 1. The summed E-state index contributed by atoms with van der Waals surface area (Å²) in [6.45, 7) is 0.342.